The Morgan fingerprint density at radius 1 is 1.21 bits per heavy atom. The van der Waals surface area contributed by atoms with E-state index in [2.05, 4.69) is 29.4 Å². The molecule has 2 nitrogen and oxygen atoms in total. The molecule has 0 bridgehead atoms. The van der Waals surface area contributed by atoms with Gasteiger partial charge in [0.2, 0.25) is 0 Å². The molecule has 0 aromatic rings. The summed E-state index contributed by atoms with van der Waals surface area (Å²) in [5.74, 6) is 0. The quantitative estimate of drug-likeness (QED) is 0.603. The molecule has 0 radical (unpaired) electrons. The van der Waals surface area contributed by atoms with Crippen LogP contribution in [0.4, 0.5) is 0 Å². The molecule has 0 aliphatic heterocycles. The van der Waals surface area contributed by atoms with Crippen LogP contribution in [0.3, 0.4) is 0 Å². The molecule has 1 atom stereocenters. The number of hydrogen-bond donors (Lipinski definition) is 2. The van der Waals surface area contributed by atoms with Crippen LogP contribution in [0, 0.1) is 0 Å². The number of rotatable bonds is 7. The second kappa shape index (κ2) is 9.81. The Bertz CT molecular complexity index is 214. The third-order valence-corrected chi connectivity index (χ3v) is 1.75. The first-order valence-electron chi connectivity index (χ1n) is 4.80. The van der Waals surface area contributed by atoms with E-state index in [0.29, 0.717) is 6.04 Å². The van der Waals surface area contributed by atoms with E-state index < -0.39 is 0 Å². The van der Waals surface area contributed by atoms with E-state index in [1.165, 1.54) is 0 Å². The van der Waals surface area contributed by atoms with Gasteiger partial charge in [0.05, 0.1) is 0 Å². The molecular formula is C12H20N2. The Morgan fingerprint density at radius 3 is 2.57 bits per heavy atom. The smallest absolute Gasteiger partial charge is 0.0284 e. The molecule has 0 fully saturated rings. The van der Waals surface area contributed by atoms with Crippen molar-refractivity contribution in [3.63, 3.8) is 0 Å². The summed E-state index contributed by atoms with van der Waals surface area (Å²) in [7, 11) is 3.84. The summed E-state index contributed by atoms with van der Waals surface area (Å²) in [4.78, 5) is 0. The highest BCUT2D eigenvalue weighted by molar-refractivity contribution is 5.07. The van der Waals surface area contributed by atoms with Crippen LogP contribution in [0.1, 0.15) is 6.42 Å². The zero-order valence-electron chi connectivity index (χ0n) is 9.03. The molecule has 78 valence electrons. The van der Waals surface area contributed by atoms with Crippen molar-refractivity contribution in [1.82, 2.24) is 10.6 Å². The lowest BCUT2D eigenvalue weighted by molar-refractivity contribution is 0.677. The van der Waals surface area contributed by atoms with Crippen LogP contribution < -0.4 is 10.6 Å². The van der Waals surface area contributed by atoms with Crippen molar-refractivity contribution in [2.24, 2.45) is 0 Å². The lowest BCUT2D eigenvalue weighted by Gasteiger charge is -2.07. The lowest BCUT2D eigenvalue weighted by atomic mass is 10.2. The predicted octanol–water partition coefficient (Wildman–Crippen LogP) is 2.00. The first-order chi connectivity index (χ1) is 6.85. The fraction of sp³-hybridized carbons (Fsp3) is 0.333. The standard InChI is InChI=1S/C12H20N2/c1-4-5-9-12(14-3)10-7-6-8-11-13-2/h4-9,11-14H,1,10H2,2-3H3/b7-6-,9-5-,11-8-. The maximum absolute atomic E-state index is 3.64. The molecule has 0 aliphatic rings. The van der Waals surface area contributed by atoms with Crippen LogP contribution in [-0.4, -0.2) is 20.1 Å². The normalized spacial score (nSPS) is 14.1. The van der Waals surface area contributed by atoms with Crippen molar-refractivity contribution in [3.05, 3.63) is 49.2 Å². The molecule has 0 spiro atoms. The topological polar surface area (TPSA) is 24.1 Å². The summed E-state index contributed by atoms with van der Waals surface area (Å²) in [6.45, 7) is 3.64. The van der Waals surface area contributed by atoms with Crippen LogP contribution >= 0.6 is 0 Å². The Balaban J connectivity index is 3.82. The molecule has 0 aromatic heterocycles. The van der Waals surface area contributed by atoms with Crippen molar-refractivity contribution in [2.45, 2.75) is 12.5 Å². The van der Waals surface area contributed by atoms with E-state index in [0.717, 1.165) is 6.42 Å². The van der Waals surface area contributed by atoms with E-state index >= 15 is 0 Å². The van der Waals surface area contributed by atoms with Gasteiger partial charge in [0.1, 0.15) is 0 Å². The molecular weight excluding hydrogens is 172 g/mol. The van der Waals surface area contributed by atoms with Gasteiger partial charge in [0.25, 0.3) is 0 Å². The van der Waals surface area contributed by atoms with Gasteiger partial charge in [-0.05, 0) is 25.7 Å². The number of nitrogens with one attached hydrogen (secondary N) is 2. The van der Waals surface area contributed by atoms with Crippen LogP contribution in [0.5, 0.6) is 0 Å². The van der Waals surface area contributed by atoms with Gasteiger partial charge >= 0.3 is 0 Å². The highest BCUT2D eigenvalue weighted by atomic mass is 14.8. The fourth-order valence-electron chi connectivity index (χ4n) is 0.961. The molecule has 2 heteroatoms. The van der Waals surface area contributed by atoms with Gasteiger partial charge in [-0.25, -0.2) is 0 Å². The van der Waals surface area contributed by atoms with Gasteiger partial charge in [-0.1, -0.05) is 37.0 Å². The average molecular weight is 192 g/mol. The summed E-state index contributed by atoms with van der Waals surface area (Å²) in [6, 6.07) is 0.382. The third kappa shape index (κ3) is 7.37. The molecule has 0 aromatic carbocycles. The van der Waals surface area contributed by atoms with Crippen LogP contribution in [0.2, 0.25) is 0 Å². The fourth-order valence-corrected chi connectivity index (χ4v) is 0.961. The summed E-state index contributed by atoms with van der Waals surface area (Å²) in [5, 5.41) is 6.13. The monoisotopic (exact) mass is 192 g/mol. The molecule has 14 heavy (non-hydrogen) atoms. The summed E-state index contributed by atoms with van der Waals surface area (Å²) < 4.78 is 0. The third-order valence-electron chi connectivity index (χ3n) is 1.75. The Kier molecular flexibility index (Phi) is 8.91. The summed E-state index contributed by atoms with van der Waals surface area (Å²) in [6.07, 6.45) is 14.8. The van der Waals surface area contributed by atoms with Crippen LogP contribution in [0.25, 0.3) is 0 Å². The first-order valence-corrected chi connectivity index (χ1v) is 4.80. The van der Waals surface area contributed by atoms with E-state index in [1.807, 2.05) is 38.5 Å². The number of likely N-dealkylation sites (N-methyl/N-ethyl adjacent to an activating group) is 1. The van der Waals surface area contributed by atoms with Crippen molar-refractivity contribution < 1.29 is 0 Å². The van der Waals surface area contributed by atoms with Crippen molar-refractivity contribution in [3.8, 4) is 0 Å². The van der Waals surface area contributed by atoms with Gasteiger partial charge in [-0.15, -0.1) is 0 Å². The molecule has 0 rings (SSSR count). The SMILES string of the molecule is C=C/C=C\C(C/C=C\C=C/NC)NC. The van der Waals surface area contributed by atoms with E-state index in [1.54, 1.807) is 6.08 Å². The van der Waals surface area contributed by atoms with Crippen molar-refractivity contribution in [1.29, 1.82) is 0 Å². The highest BCUT2D eigenvalue weighted by Crippen LogP contribution is 1.95. The van der Waals surface area contributed by atoms with Gasteiger partial charge in [-0.3, -0.25) is 0 Å². The molecule has 2 N–H and O–H groups in total. The minimum Gasteiger partial charge on any atom is -0.394 e. The van der Waals surface area contributed by atoms with E-state index in [4.69, 9.17) is 0 Å². The molecule has 0 saturated heterocycles. The second-order valence-electron chi connectivity index (χ2n) is 2.83. The van der Waals surface area contributed by atoms with Crippen molar-refractivity contribution >= 4 is 0 Å². The second-order valence-corrected chi connectivity index (χ2v) is 2.83. The molecule has 1 unspecified atom stereocenters. The summed E-state index contributed by atoms with van der Waals surface area (Å²) >= 11 is 0. The number of hydrogen-bond acceptors (Lipinski definition) is 2. The molecule has 0 amide bonds. The number of allylic oxidation sites excluding steroid dienone is 4. The Labute approximate surface area is 87.1 Å². The largest absolute Gasteiger partial charge is 0.394 e. The predicted molar refractivity (Wildman–Crippen MR) is 64.1 cm³/mol. The maximum Gasteiger partial charge on any atom is 0.0284 e. The van der Waals surface area contributed by atoms with Gasteiger partial charge in [-0.2, -0.15) is 0 Å². The summed E-state index contributed by atoms with van der Waals surface area (Å²) in [5.41, 5.74) is 0. The molecule has 0 heterocycles. The van der Waals surface area contributed by atoms with Gasteiger partial charge < -0.3 is 10.6 Å². The highest BCUT2D eigenvalue weighted by Gasteiger charge is 1.95. The van der Waals surface area contributed by atoms with Gasteiger partial charge in [0, 0.05) is 13.1 Å². The van der Waals surface area contributed by atoms with Gasteiger partial charge in [0.15, 0.2) is 0 Å². The van der Waals surface area contributed by atoms with Crippen LogP contribution in [0.15, 0.2) is 49.2 Å². The minimum absolute atomic E-state index is 0.382. The lowest BCUT2D eigenvalue weighted by Crippen LogP contribution is -2.21. The first kappa shape index (κ1) is 12.7. The zero-order valence-corrected chi connectivity index (χ0v) is 9.03. The molecule has 0 aliphatic carbocycles. The van der Waals surface area contributed by atoms with E-state index in [-0.39, 0.29) is 0 Å². The minimum atomic E-state index is 0.382. The van der Waals surface area contributed by atoms with E-state index in [9.17, 15) is 0 Å². The maximum atomic E-state index is 3.64. The Hall–Kier alpha value is -1.28. The molecule has 0 saturated carbocycles. The Morgan fingerprint density at radius 2 is 2.00 bits per heavy atom. The van der Waals surface area contributed by atoms with Crippen molar-refractivity contribution in [2.75, 3.05) is 14.1 Å². The van der Waals surface area contributed by atoms with Crippen LogP contribution in [-0.2, 0) is 0 Å². The zero-order chi connectivity index (χ0) is 10.6. The average Bonchev–Trinajstić information content (AvgIpc) is 2.22.